The zero-order valence-corrected chi connectivity index (χ0v) is 10.1. The van der Waals surface area contributed by atoms with Crippen LogP contribution in [0.3, 0.4) is 0 Å². The van der Waals surface area contributed by atoms with Gasteiger partial charge in [0.2, 0.25) is 0 Å². The topological polar surface area (TPSA) is 15.3 Å². The normalized spacial score (nSPS) is 14.5. The Morgan fingerprint density at radius 3 is 1.85 bits per heavy atom. The number of hydrazine groups is 1. The molecule has 0 aromatic heterocycles. The predicted molar refractivity (Wildman–Crippen MR) is 59.6 cm³/mol. The van der Waals surface area contributed by atoms with Gasteiger partial charge in [-0.25, -0.2) is 5.01 Å². The maximum absolute atomic E-state index is 3.45. The van der Waals surface area contributed by atoms with E-state index >= 15 is 0 Å². The summed E-state index contributed by atoms with van der Waals surface area (Å²) in [5.74, 6) is 0.714. The fourth-order valence-corrected chi connectivity index (χ4v) is 1.85. The van der Waals surface area contributed by atoms with Crippen LogP contribution in [0, 0.1) is 5.92 Å². The fraction of sp³-hybridized carbons (Fsp3) is 1.00. The van der Waals surface area contributed by atoms with Crippen molar-refractivity contribution in [3.05, 3.63) is 0 Å². The van der Waals surface area contributed by atoms with E-state index < -0.39 is 0 Å². The molecule has 1 unspecified atom stereocenters. The number of rotatable bonds is 6. The summed E-state index contributed by atoms with van der Waals surface area (Å²) in [6, 6.07) is 1.23. The quantitative estimate of drug-likeness (QED) is 0.642. The van der Waals surface area contributed by atoms with E-state index in [9.17, 15) is 0 Å². The average molecular weight is 186 g/mol. The highest BCUT2D eigenvalue weighted by atomic mass is 15.5. The Balaban J connectivity index is 4.29. The van der Waals surface area contributed by atoms with Crippen LogP contribution < -0.4 is 5.43 Å². The molecule has 0 fully saturated rings. The molecule has 80 valence electrons. The molecule has 0 saturated heterocycles. The summed E-state index contributed by atoms with van der Waals surface area (Å²) < 4.78 is 0. The molecule has 0 radical (unpaired) electrons. The molecule has 0 heterocycles. The molecular weight excluding hydrogens is 160 g/mol. The maximum atomic E-state index is 3.45. The van der Waals surface area contributed by atoms with Gasteiger partial charge in [0.25, 0.3) is 0 Å². The second-order valence-corrected chi connectivity index (χ2v) is 4.23. The smallest absolute Gasteiger partial charge is 0.0266 e. The molecule has 0 aliphatic carbocycles. The van der Waals surface area contributed by atoms with Crippen LogP contribution in [0.2, 0.25) is 0 Å². The van der Waals surface area contributed by atoms with Crippen LogP contribution in [0.4, 0.5) is 0 Å². The van der Waals surface area contributed by atoms with Crippen LogP contribution in [-0.2, 0) is 0 Å². The standard InChI is InChI=1S/C11H26N2/c1-7-11(9(3)4)13(10(5)6)12-8-2/h9-12H,7-8H2,1-6H3. The number of hydrogen-bond donors (Lipinski definition) is 1. The van der Waals surface area contributed by atoms with E-state index in [2.05, 4.69) is 52.0 Å². The van der Waals surface area contributed by atoms with Crippen molar-refractivity contribution < 1.29 is 0 Å². The van der Waals surface area contributed by atoms with Gasteiger partial charge in [-0.15, -0.1) is 0 Å². The van der Waals surface area contributed by atoms with Crippen molar-refractivity contribution >= 4 is 0 Å². The van der Waals surface area contributed by atoms with E-state index in [-0.39, 0.29) is 0 Å². The van der Waals surface area contributed by atoms with E-state index in [1.165, 1.54) is 6.42 Å². The van der Waals surface area contributed by atoms with Crippen LogP contribution in [0.1, 0.15) is 48.0 Å². The third-order valence-corrected chi connectivity index (χ3v) is 2.44. The molecule has 13 heavy (non-hydrogen) atoms. The fourth-order valence-electron chi connectivity index (χ4n) is 1.85. The summed E-state index contributed by atoms with van der Waals surface area (Å²) in [5, 5.41) is 2.39. The van der Waals surface area contributed by atoms with Crippen molar-refractivity contribution in [2.24, 2.45) is 5.92 Å². The van der Waals surface area contributed by atoms with E-state index in [0.717, 1.165) is 6.54 Å². The highest BCUT2D eigenvalue weighted by Crippen LogP contribution is 2.14. The van der Waals surface area contributed by atoms with Crippen molar-refractivity contribution in [2.45, 2.75) is 60.0 Å². The van der Waals surface area contributed by atoms with Gasteiger partial charge in [-0.05, 0) is 26.2 Å². The zero-order valence-electron chi connectivity index (χ0n) is 10.1. The lowest BCUT2D eigenvalue weighted by Gasteiger charge is -2.37. The Labute approximate surface area is 83.7 Å². The maximum Gasteiger partial charge on any atom is 0.0266 e. The van der Waals surface area contributed by atoms with E-state index in [0.29, 0.717) is 18.0 Å². The molecular formula is C11H26N2. The summed E-state index contributed by atoms with van der Waals surface area (Å²) in [4.78, 5) is 0. The summed E-state index contributed by atoms with van der Waals surface area (Å²) in [6.07, 6.45) is 1.21. The Morgan fingerprint density at radius 2 is 1.62 bits per heavy atom. The molecule has 2 heteroatoms. The molecule has 2 nitrogen and oxygen atoms in total. The van der Waals surface area contributed by atoms with Gasteiger partial charge in [0.05, 0.1) is 0 Å². The molecule has 1 N–H and O–H groups in total. The van der Waals surface area contributed by atoms with Crippen LogP contribution >= 0.6 is 0 Å². The van der Waals surface area contributed by atoms with Crippen LogP contribution in [0.25, 0.3) is 0 Å². The first-order chi connectivity index (χ1) is 6.04. The minimum absolute atomic E-state index is 0.576. The second-order valence-electron chi connectivity index (χ2n) is 4.23. The lowest BCUT2D eigenvalue weighted by Crippen LogP contribution is -2.51. The van der Waals surface area contributed by atoms with Crippen molar-refractivity contribution in [3.63, 3.8) is 0 Å². The van der Waals surface area contributed by atoms with Crippen LogP contribution in [0.15, 0.2) is 0 Å². The summed E-state index contributed by atoms with van der Waals surface area (Å²) >= 11 is 0. The first-order valence-corrected chi connectivity index (χ1v) is 5.56. The average Bonchev–Trinajstić information content (AvgIpc) is 2.03. The van der Waals surface area contributed by atoms with Crippen LogP contribution in [-0.4, -0.2) is 23.6 Å². The van der Waals surface area contributed by atoms with E-state index in [1.54, 1.807) is 0 Å². The lowest BCUT2D eigenvalue weighted by atomic mass is 10.0. The van der Waals surface area contributed by atoms with Gasteiger partial charge < -0.3 is 0 Å². The van der Waals surface area contributed by atoms with E-state index in [4.69, 9.17) is 0 Å². The number of hydrogen-bond acceptors (Lipinski definition) is 2. The zero-order chi connectivity index (χ0) is 10.4. The highest BCUT2D eigenvalue weighted by molar-refractivity contribution is 4.73. The molecule has 0 spiro atoms. The van der Waals surface area contributed by atoms with Gasteiger partial charge in [-0.1, -0.05) is 27.7 Å². The Kier molecular flexibility index (Phi) is 6.35. The molecule has 0 amide bonds. The molecule has 0 aromatic carbocycles. The van der Waals surface area contributed by atoms with Gasteiger partial charge in [0.1, 0.15) is 0 Å². The first-order valence-electron chi connectivity index (χ1n) is 5.56. The molecule has 0 aromatic rings. The third kappa shape index (κ3) is 4.10. The molecule has 0 rings (SSSR count). The van der Waals surface area contributed by atoms with E-state index in [1.807, 2.05) is 0 Å². The van der Waals surface area contributed by atoms with Crippen molar-refractivity contribution in [3.8, 4) is 0 Å². The minimum atomic E-state index is 0.576. The molecule has 0 aliphatic heterocycles. The second kappa shape index (κ2) is 6.39. The van der Waals surface area contributed by atoms with Crippen molar-refractivity contribution in [1.29, 1.82) is 0 Å². The van der Waals surface area contributed by atoms with Gasteiger partial charge in [-0.2, -0.15) is 0 Å². The predicted octanol–water partition coefficient (Wildman–Crippen LogP) is 2.66. The monoisotopic (exact) mass is 186 g/mol. The van der Waals surface area contributed by atoms with Gasteiger partial charge in [-0.3, -0.25) is 5.43 Å². The number of nitrogens with zero attached hydrogens (tertiary/aromatic N) is 1. The van der Waals surface area contributed by atoms with Crippen molar-refractivity contribution in [2.75, 3.05) is 6.54 Å². The minimum Gasteiger partial charge on any atom is -0.255 e. The largest absolute Gasteiger partial charge is 0.255 e. The molecule has 1 atom stereocenters. The van der Waals surface area contributed by atoms with Gasteiger partial charge in [0, 0.05) is 18.6 Å². The Morgan fingerprint density at radius 1 is 1.08 bits per heavy atom. The van der Waals surface area contributed by atoms with Gasteiger partial charge in [0.15, 0.2) is 0 Å². The summed E-state index contributed by atoms with van der Waals surface area (Å²) in [5.41, 5.74) is 3.45. The molecule has 0 aliphatic rings. The SMILES string of the molecule is CCNN(C(C)C)C(CC)C(C)C. The van der Waals surface area contributed by atoms with Crippen molar-refractivity contribution in [1.82, 2.24) is 10.4 Å². The lowest BCUT2D eigenvalue weighted by molar-refractivity contribution is 0.0578. The molecule has 0 bridgehead atoms. The summed E-state index contributed by atoms with van der Waals surface area (Å²) in [6.45, 7) is 14.5. The third-order valence-electron chi connectivity index (χ3n) is 2.44. The summed E-state index contributed by atoms with van der Waals surface area (Å²) in [7, 11) is 0. The first kappa shape index (κ1) is 12.9. The Hall–Kier alpha value is -0.0800. The van der Waals surface area contributed by atoms with Crippen LogP contribution in [0.5, 0.6) is 0 Å². The Bertz CT molecular complexity index is 121. The number of nitrogens with one attached hydrogen (secondary N) is 1. The molecule has 0 saturated carbocycles. The van der Waals surface area contributed by atoms with Gasteiger partial charge >= 0.3 is 0 Å². The highest BCUT2D eigenvalue weighted by Gasteiger charge is 2.21.